The minimum absolute atomic E-state index is 0.00933. The summed E-state index contributed by atoms with van der Waals surface area (Å²) in [5.41, 5.74) is 6.03. The van der Waals surface area contributed by atoms with Crippen LogP contribution in [-0.2, 0) is 0 Å². The van der Waals surface area contributed by atoms with Gasteiger partial charge in [-0.05, 0) is 18.2 Å². The molecule has 1 aromatic carbocycles. The Hall–Kier alpha value is -2.25. The molecule has 1 aromatic heterocycles. The van der Waals surface area contributed by atoms with Gasteiger partial charge in [-0.15, -0.1) is 0 Å². The van der Waals surface area contributed by atoms with Crippen molar-refractivity contribution < 1.29 is 0 Å². The molecule has 0 radical (unpaired) electrons. The fraction of sp³-hybridized carbons (Fsp3) is 0. The topological polar surface area (TPSA) is 71.8 Å². The number of nitrogens with zero attached hydrogens (tertiary/aromatic N) is 2. The lowest BCUT2D eigenvalue weighted by molar-refractivity contribution is 0.986. The van der Waals surface area contributed by atoms with Crippen LogP contribution in [0.4, 0.5) is 5.69 Å². The van der Waals surface area contributed by atoms with Crippen LogP contribution < -0.4 is 11.3 Å². The molecule has 0 unspecified atom stereocenters. The number of nitrogens with two attached hydrogens (primary N) is 1. The number of hydrogen-bond donors (Lipinski definition) is 1. The molecule has 4 nitrogen and oxygen atoms in total. The third kappa shape index (κ3) is 2.01. The van der Waals surface area contributed by atoms with E-state index in [0.717, 1.165) is 0 Å². The summed E-state index contributed by atoms with van der Waals surface area (Å²) >= 11 is 6.00. The molecule has 1 heterocycles. The Balaban J connectivity index is 2.78. The summed E-state index contributed by atoms with van der Waals surface area (Å²) in [5.74, 6) is 0. The number of rotatable bonds is 1. The van der Waals surface area contributed by atoms with Gasteiger partial charge in [-0.25, -0.2) is 0 Å². The molecule has 0 atom stereocenters. The van der Waals surface area contributed by atoms with Gasteiger partial charge in [0.25, 0.3) is 5.56 Å². The SMILES string of the molecule is N#Cc1cc(N)cn(-c2ccccc2Cl)c1=O. The molecule has 0 saturated heterocycles. The molecule has 0 bridgehead atoms. The first-order valence-corrected chi connectivity index (χ1v) is 5.18. The fourth-order valence-corrected chi connectivity index (χ4v) is 1.74. The first kappa shape index (κ1) is 11.2. The van der Waals surface area contributed by atoms with Gasteiger partial charge in [-0.1, -0.05) is 23.7 Å². The van der Waals surface area contributed by atoms with Crippen molar-refractivity contribution >= 4 is 17.3 Å². The summed E-state index contributed by atoms with van der Waals surface area (Å²) in [6.45, 7) is 0. The average molecular weight is 246 g/mol. The highest BCUT2D eigenvalue weighted by Crippen LogP contribution is 2.19. The van der Waals surface area contributed by atoms with Crippen molar-refractivity contribution in [2.45, 2.75) is 0 Å². The number of aromatic nitrogens is 1. The smallest absolute Gasteiger partial charge is 0.273 e. The maximum atomic E-state index is 11.9. The van der Waals surface area contributed by atoms with Gasteiger partial charge in [0.15, 0.2) is 0 Å². The molecule has 84 valence electrons. The quantitative estimate of drug-likeness (QED) is 0.835. The fourth-order valence-electron chi connectivity index (χ4n) is 1.51. The molecule has 0 fully saturated rings. The van der Waals surface area contributed by atoms with E-state index in [0.29, 0.717) is 16.4 Å². The largest absolute Gasteiger partial charge is 0.397 e. The second-order valence-electron chi connectivity index (χ2n) is 3.43. The van der Waals surface area contributed by atoms with Gasteiger partial charge in [0.05, 0.1) is 10.7 Å². The van der Waals surface area contributed by atoms with Crippen molar-refractivity contribution in [2.75, 3.05) is 5.73 Å². The van der Waals surface area contributed by atoms with Gasteiger partial charge >= 0.3 is 0 Å². The summed E-state index contributed by atoms with van der Waals surface area (Å²) in [5, 5.41) is 9.25. The minimum atomic E-state index is -0.435. The standard InChI is InChI=1S/C12H8ClN3O/c13-10-3-1-2-4-11(10)16-7-9(15)5-8(6-14)12(16)17/h1-5,7H,15H2. The zero-order chi connectivity index (χ0) is 12.4. The van der Waals surface area contributed by atoms with E-state index in [9.17, 15) is 4.79 Å². The van der Waals surface area contributed by atoms with Crippen molar-refractivity contribution in [3.8, 4) is 11.8 Å². The van der Waals surface area contributed by atoms with Gasteiger partial charge in [0.1, 0.15) is 11.6 Å². The van der Waals surface area contributed by atoms with Crippen LogP contribution in [-0.4, -0.2) is 4.57 Å². The third-order valence-electron chi connectivity index (χ3n) is 2.27. The molecular formula is C12H8ClN3O. The molecule has 0 amide bonds. The Morgan fingerprint density at radius 1 is 1.35 bits per heavy atom. The molecule has 0 aliphatic heterocycles. The summed E-state index contributed by atoms with van der Waals surface area (Å²) in [6, 6.07) is 10.0. The number of pyridine rings is 1. The van der Waals surface area contributed by atoms with E-state index in [-0.39, 0.29) is 5.56 Å². The Labute approximate surface area is 102 Å². The molecule has 0 aliphatic rings. The monoisotopic (exact) mass is 245 g/mol. The number of nitrogen functional groups attached to an aromatic ring is 1. The van der Waals surface area contributed by atoms with Crippen molar-refractivity contribution in [1.82, 2.24) is 4.57 Å². The molecule has 2 N–H and O–H groups in total. The summed E-state index contributed by atoms with van der Waals surface area (Å²) in [4.78, 5) is 11.9. The Morgan fingerprint density at radius 2 is 2.06 bits per heavy atom. The lowest BCUT2D eigenvalue weighted by Crippen LogP contribution is -2.21. The van der Waals surface area contributed by atoms with Crippen LogP contribution in [0.3, 0.4) is 0 Å². The van der Waals surface area contributed by atoms with Gasteiger partial charge in [-0.3, -0.25) is 9.36 Å². The molecule has 17 heavy (non-hydrogen) atoms. The van der Waals surface area contributed by atoms with Crippen LogP contribution in [0.1, 0.15) is 5.56 Å². The van der Waals surface area contributed by atoms with Crippen molar-refractivity contribution in [2.24, 2.45) is 0 Å². The second-order valence-corrected chi connectivity index (χ2v) is 3.83. The lowest BCUT2D eigenvalue weighted by Gasteiger charge is -2.08. The molecule has 5 heteroatoms. The van der Waals surface area contributed by atoms with E-state index >= 15 is 0 Å². The van der Waals surface area contributed by atoms with Crippen LogP contribution in [0.15, 0.2) is 41.3 Å². The van der Waals surface area contributed by atoms with Gasteiger partial charge in [0, 0.05) is 11.9 Å². The molecule has 0 spiro atoms. The number of hydrogen-bond acceptors (Lipinski definition) is 3. The van der Waals surface area contributed by atoms with Crippen LogP contribution in [0.25, 0.3) is 5.69 Å². The molecule has 2 rings (SSSR count). The average Bonchev–Trinajstić information content (AvgIpc) is 2.32. The first-order chi connectivity index (χ1) is 8.13. The van der Waals surface area contributed by atoms with Crippen LogP contribution in [0, 0.1) is 11.3 Å². The number of benzene rings is 1. The van der Waals surface area contributed by atoms with Gasteiger partial charge in [-0.2, -0.15) is 5.26 Å². The Bertz CT molecular complexity index is 670. The lowest BCUT2D eigenvalue weighted by atomic mass is 10.2. The highest BCUT2D eigenvalue weighted by Gasteiger charge is 2.08. The van der Waals surface area contributed by atoms with E-state index in [4.69, 9.17) is 22.6 Å². The summed E-state index contributed by atoms with van der Waals surface area (Å²) < 4.78 is 1.27. The molecular weight excluding hydrogens is 238 g/mol. The zero-order valence-corrected chi connectivity index (χ0v) is 9.48. The number of nitriles is 1. The highest BCUT2D eigenvalue weighted by atomic mass is 35.5. The van der Waals surface area contributed by atoms with E-state index in [1.807, 2.05) is 6.07 Å². The highest BCUT2D eigenvalue weighted by molar-refractivity contribution is 6.32. The minimum Gasteiger partial charge on any atom is -0.397 e. The molecule has 0 saturated carbocycles. The normalized spacial score (nSPS) is 9.88. The Kier molecular flexibility index (Phi) is 2.86. The van der Waals surface area contributed by atoms with E-state index < -0.39 is 5.56 Å². The summed E-state index contributed by atoms with van der Waals surface area (Å²) in [6.07, 6.45) is 1.45. The third-order valence-corrected chi connectivity index (χ3v) is 2.59. The van der Waals surface area contributed by atoms with E-state index in [1.54, 1.807) is 24.3 Å². The van der Waals surface area contributed by atoms with Crippen LogP contribution in [0.2, 0.25) is 5.02 Å². The van der Waals surface area contributed by atoms with Crippen LogP contribution in [0.5, 0.6) is 0 Å². The molecule has 0 aliphatic carbocycles. The van der Waals surface area contributed by atoms with Crippen molar-refractivity contribution in [3.05, 3.63) is 57.5 Å². The Morgan fingerprint density at radius 3 is 2.71 bits per heavy atom. The van der Waals surface area contributed by atoms with Crippen molar-refractivity contribution in [1.29, 1.82) is 5.26 Å². The predicted molar refractivity (Wildman–Crippen MR) is 66.2 cm³/mol. The maximum Gasteiger partial charge on any atom is 0.273 e. The predicted octanol–water partition coefficient (Wildman–Crippen LogP) is 1.94. The molecule has 2 aromatic rings. The zero-order valence-electron chi connectivity index (χ0n) is 8.72. The number of halogens is 1. The number of para-hydroxylation sites is 1. The maximum absolute atomic E-state index is 11.9. The van der Waals surface area contributed by atoms with Crippen molar-refractivity contribution in [3.63, 3.8) is 0 Å². The van der Waals surface area contributed by atoms with E-state index in [2.05, 4.69) is 0 Å². The van der Waals surface area contributed by atoms with Gasteiger partial charge in [0.2, 0.25) is 0 Å². The van der Waals surface area contributed by atoms with Crippen LogP contribution >= 0.6 is 11.6 Å². The first-order valence-electron chi connectivity index (χ1n) is 4.80. The number of anilines is 1. The van der Waals surface area contributed by atoms with Gasteiger partial charge < -0.3 is 5.73 Å². The second kappa shape index (κ2) is 4.32. The van der Waals surface area contributed by atoms with E-state index in [1.165, 1.54) is 16.8 Å². The summed E-state index contributed by atoms with van der Waals surface area (Å²) in [7, 11) is 0.